The van der Waals surface area contributed by atoms with E-state index < -0.39 is 22.4 Å². The van der Waals surface area contributed by atoms with Gasteiger partial charge in [0.15, 0.2) is 0 Å². The molecule has 0 unspecified atom stereocenters. The van der Waals surface area contributed by atoms with Gasteiger partial charge in [0.25, 0.3) is 5.69 Å². The Hall–Kier alpha value is -2.36. The summed E-state index contributed by atoms with van der Waals surface area (Å²) in [5.74, 6) is 0.158. The summed E-state index contributed by atoms with van der Waals surface area (Å²) >= 11 is 0. The molecule has 2 heterocycles. The maximum absolute atomic E-state index is 12.9. The first kappa shape index (κ1) is 21.4. The molecule has 160 valence electrons. The number of carbonyl (C=O) groups excluding carboxylic acids is 1. The van der Waals surface area contributed by atoms with Gasteiger partial charge in [-0.1, -0.05) is 0 Å². The summed E-state index contributed by atoms with van der Waals surface area (Å²) in [6.07, 6.45) is -0.905. The molecule has 0 N–H and O–H groups in total. The fourth-order valence-electron chi connectivity index (χ4n) is 3.88. The fourth-order valence-corrected chi connectivity index (χ4v) is 3.88. The van der Waals surface area contributed by atoms with Crippen molar-refractivity contribution in [1.29, 1.82) is 0 Å². The van der Waals surface area contributed by atoms with Crippen LogP contribution in [0.25, 0.3) is 0 Å². The van der Waals surface area contributed by atoms with Crippen LogP contribution in [0.15, 0.2) is 18.2 Å². The van der Waals surface area contributed by atoms with Crippen molar-refractivity contribution in [2.45, 2.75) is 31.9 Å². The van der Waals surface area contributed by atoms with Gasteiger partial charge in [-0.25, -0.2) is 0 Å². The molecule has 2 aliphatic rings. The van der Waals surface area contributed by atoms with Gasteiger partial charge in [0.2, 0.25) is 5.91 Å². The van der Waals surface area contributed by atoms with E-state index in [0.29, 0.717) is 45.2 Å². The number of piperazine rings is 1. The van der Waals surface area contributed by atoms with Crippen LogP contribution < -0.4 is 4.90 Å². The first-order valence-corrected chi connectivity index (χ1v) is 9.86. The second-order valence-corrected chi connectivity index (χ2v) is 7.48. The lowest BCUT2D eigenvalue weighted by Crippen LogP contribution is -2.47. The lowest BCUT2D eigenvalue weighted by molar-refractivity contribution is -0.384. The summed E-state index contributed by atoms with van der Waals surface area (Å²) in [6, 6.07) is 2.65. The number of benzene rings is 1. The van der Waals surface area contributed by atoms with Crippen LogP contribution in [0.2, 0.25) is 0 Å². The number of halogens is 3. The summed E-state index contributed by atoms with van der Waals surface area (Å²) in [6.45, 7) is 4.40. The number of rotatable bonds is 5. The van der Waals surface area contributed by atoms with E-state index >= 15 is 0 Å². The number of nitro groups is 1. The van der Waals surface area contributed by atoms with E-state index in [9.17, 15) is 28.1 Å². The van der Waals surface area contributed by atoms with Gasteiger partial charge in [-0.3, -0.25) is 19.8 Å². The Bertz CT molecular complexity index is 743. The molecule has 1 aromatic rings. The molecule has 29 heavy (non-hydrogen) atoms. The maximum Gasteiger partial charge on any atom is 0.416 e. The van der Waals surface area contributed by atoms with Gasteiger partial charge >= 0.3 is 6.18 Å². The van der Waals surface area contributed by atoms with E-state index in [1.165, 1.54) is 12.5 Å². The molecule has 1 aromatic carbocycles. The SMILES string of the molecule is O=C(CCN1CCN(c2ccc(C(F)(F)F)cc2[N+](=O)[O-])CC1)N1CCCCC1. The van der Waals surface area contributed by atoms with Crippen molar-refractivity contribution < 1.29 is 22.9 Å². The maximum atomic E-state index is 12.9. The van der Waals surface area contributed by atoms with Crippen LogP contribution in [0.3, 0.4) is 0 Å². The lowest BCUT2D eigenvalue weighted by atomic mass is 10.1. The van der Waals surface area contributed by atoms with Crippen molar-refractivity contribution in [1.82, 2.24) is 9.80 Å². The van der Waals surface area contributed by atoms with Gasteiger partial charge in [-0.2, -0.15) is 13.2 Å². The number of carbonyl (C=O) groups is 1. The molecule has 0 spiro atoms. The van der Waals surface area contributed by atoms with Crippen LogP contribution >= 0.6 is 0 Å². The molecule has 0 radical (unpaired) electrons. The van der Waals surface area contributed by atoms with Crippen LogP contribution in [0, 0.1) is 10.1 Å². The molecule has 0 aliphatic carbocycles. The van der Waals surface area contributed by atoms with E-state index in [4.69, 9.17) is 0 Å². The van der Waals surface area contributed by atoms with E-state index in [0.717, 1.165) is 32.0 Å². The van der Waals surface area contributed by atoms with Crippen molar-refractivity contribution in [2.75, 3.05) is 50.7 Å². The topological polar surface area (TPSA) is 69.9 Å². The second kappa shape index (κ2) is 8.98. The Balaban J connectivity index is 1.56. The molecular formula is C19H25F3N4O3. The number of likely N-dealkylation sites (tertiary alicyclic amines) is 1. The molecule has 2 saturated heterocycles. The first-order valence-electron chi connectivity index (χ1n) is 9.86. The van der Waals surface area contributed by atoms with Crippen molar-refractivity contribution >= 4 is 17.3 Å². The number of alkyl halides is 3. The molecule has 2 fully saturated rings. The predicted molar refractivity (Wildman–Crippen MR) is 102 cm³/mol. The Labute approximate surface area is 167 Å². The Morgan fingerprint density at radius 3 is 2.28 bits per heavy atom. The summed E-state index contributed by atoms with van der Waals surface area (Å²) in [4.78, 5) is 28.6. The van der Waals surface area contributed by atoms with Crippen molar-refractivity contribution in [2.24, 2.45) is 0 Å². The highest BCUT2D eigenvalue weighted by atomic mass is 19.4. The molecule has 3 rings (SSSR count). The van der Waals surface area contributed by atoms with Gasteiger partial charge in [-0.15, -0.1) is 0 Å². The van der Waals surface area contributed by atoms with E-state index in [1.807, 2.05) is 4.90 Å². The third-order valence-corrected chi connectivity index (χ3v) is 5.56. The molecule has 0 atom stereocenters. The molecular weight excluding hydrogens is 389 g/mol. The van der Waals surface area contributed by atoms with E-state index in [1.54, 1.807) is 4.90 Å². The van der Waals surface area contributed by atoms with Gasteiger partial charge in [0.05, 0.1) is 10.5 Å². The molecule has 1 amide bonds. The summed E-state index contributed by atoms with van der Waals surface area (Å²) in [5, 5.41) is 11.3. The molecule has 0 saturated carbocycles. The normalized spacial score (nSPS) is 18.7. The number of piperidine rings is 1. The van der Waals surface area contributed by atoms with Crippen LogP contribution in [0.4, 0.5) is 24.5 Å². The minimum atomic E-state index is -4.62. The minimum Gasteiger partial charge on any atom is -0.363 e. The van der Waals surface area contributed by atoms with Gasteiger partial charge in [-0.05, 0) is 31.4 Å². The standard InChI is InChI=1S/C19H25F3N4O3/c20-19(21,22)15-4-5-16(17(14-15)26(28)29)24-12-10-23(11-13-24)9-6-18(27)25-7-2-1-3-8-25/h4-5,14H,1-3,6-13H2. The quantitative estimate of drug-likeness (QED) is 0.547. The molecule has 0 bridgehead atoms. The summed E-state index contributed by atoms with van der Waals surface area (Å²) < 4.78 is 38.6. The second-order valence-electron chi connectivity index (χ2n) is 7.48. The van der Waals surface area contributed by atoms with Crippen LogP contribution in [0.5, 0.6) is 0 Å². The monoisotopic (exact) mass is 414 g/mol. The molecule has 10 heteroatoms. The average Bonchev–Trinajstić information content (AvgIpc) is 2.72. The summed E-state index contributed by atoms with van der Waals surface area (Å²) in [5.41, 5.74) is -1.36. The highest BCUT2D eigenvalue weighted by Gasteiger charge is 2.34. The van der Waals surface area contributed by atoms with E-state index in [-0.39, 0.29) is 11.6 Å². The van der Waals surface area contributed by atoms with Crippen molar-refractivity contribution in [3.8, 4) is 0 Å². The number of hydrogen-bond donors (Lipinski definition) is 0. The van der Waals surface area contributed by atoms with Crippen molar-refractivity contribution in [3.63, 3.8) is 0 Å². The van der Waals surface area contributed by atoms with Gasteiger partial charge in [0, 0.05) is 58.3 Å². The Morgan fingerprint density at radius 2 is 1.69 bits per heavy atom. The zero-order chi connectivity index (χ0) is 21.0. The lowest BCUT2D eigenvalue weighted by Gasteiger charge is -2.36. The zero-order valence-corrected chi connectivity index (χ0v) is 16.2. The predicted octanol–water partition coefficient (Wildman–Crippen LogP) is 3.14. The minimum absolute atomic E-state index is 0.158. The molecule has 7 nitrogen and oxygen atoms in total. The number of hydrogen-bond acceptors (Lipinski definition) is 5. The van der Waals surface area contributed by atoms with Crippen LogP contribution in [-0.4, -0.2) is 66.4 Å². The Kier molecular flexibility index (Phi) is 6.61. The van der Waals surface area contributed by atoms with Crippen LogP contribution in [0.1, 0.15) is 31.2 Å². The number of nitrogens with zero attached hydrogens (tertiary/aromatic N) is 4. The Morgan fingerprint density at radius 1 is 1.03 bits per heavy atom. The third kappa shape index (κ3) is 5.37. The van der Waals surface area contributed by atoms with Gasteiger partial charge in [0.1, 0.15) is 5.69 Å². The first-order chi connectivity index (χ1) is 13.8. The van der Waals surface area contributed by atoms with E-state index in [2.05, 4.69) is 4.90 Å². The largest absolute Gasteiger partial charge is 0.416 e. The zero-order valence-electron chi connectivity index (χ0n) is 16.2. The highest BCUT2D eigenvalue weighted by Crippen LogP contribution is 2.36. The molecule has 0 aromatic heterocycles. The highest BCUT2D eigenvalue weighted by molar-refractivity contribution is 5.76. The number of amides is 1. The average molecular weight is 414 g/mol. The summed E-state index contributed by atoms with van der Waals surface area (Å²) in [7, 11) is 0. The fraction of sp³-hybridized carbons (Fsp3) is 0.632. The molecule has 2 aliphatic heterocycles. The third-order valence-electron chi connectivity index (χ3n) is 5.56. The number of anilines is 1. The van der Waals surface area contributed by atoms with Crippen LogP contribution in [-0.2, 0) is 11.0 Å². The number of nitro benzene ring substituents is 1. The van der Waals surface area contributed by atoms with Gasteiger partial charge < -0.3 is 9.80 Å². The van der Waals surface area contributed by atoms with Crippen molar-refractivity contribution in [3.05, 3.63) is 33.9 Å². The smallest absolute Gasteiger partial charge is 0.363 e.